The number of carbonyl (C=O) groups is 1. The Balaban J connectivity index is 1.91. The van der Waals surface area contributed by atoms with Crippen molar-refractivity contribution in [2.24, 2.45) is 28.9 Å². The van der Waals surface area contributed by atoms with Gasteiger partial charge in [-0.15, -0.1) is 0 Å². The highest BCUT2D eigenvalue weighted by Crippen LogP contribution is 2.47. The molecule has 2 fully saturated rings. The summed E-state index contributed by atoms with van der Waals surface area (Å²) in [5.41, 5.74) is 6.29. The molecule has 0 aromatic carbocycles. The summed E-state index contributed by atoms with van der Waals surface area (Å²) in [5.74, 6) is 1.44. The third-order valence-corrected chi connectivity index (χ3v) is 4.08. The van der Waals surface area contributed by atoms with Crippen molar-refractivity contribution in [1.29, 1.82) is 0 Å². The summed E-state index contributed by atoms with van der Waals surface area (Å²) in [7, 11) is 0. The predicted octanol–water partition coefficient (Wildman–Crippen LogP) is 1.52. The van der Waals surface area contributed by atoms with Gasteiger partial charge in [-0.1, -0.05) is 20.8 Å². The molecule has 2 aliphatic rings. The van der Waals surface area contributed by atoms with E-state index in [-0.39, 0.29) is 23.3 Å². The van der Waals surface area contributed by atoms with Crippen LogP contribution in [-0.4, -0.2) is 18.5 Å². The summed E-state index contributed by atoms with van der Waals surface area (Å²) < 4.78 is 0. The molecule has 0 aromatic heterocycles. The quantitative estimate of drug-likeness (QED) is 0.747. The molecular formula is C13H24N2O. The minimum atomic E-state index is 0.0844. The molecule has 2 bridgehead atoms. The summed E-state index contributed by atoms with van der Waals surface area (Å²) in [6, 6.07) is 0.110. The highest BCUT2D eigenvalue weighted by Gasteiger charge is 2.48. The first kappa shape index (κ1) is 11.9. The van der Waals surface area contributed by atoms with E-state index in [1.807, 2.05) is 0 Å². The molecule has 3 nitrogen and oxygen atoms in total. The summed E-state index contributed by atoms with van der Waals surface area (Å²) in [4.78, 5) is 12.1. The molecule has 0 saturated heterocycles. The second-order valence-corrected chi connectivity index (χ2v) is 6.71. The Morgan fingerprint density at radius 2 is 1.94 bits per heavy atom. The van der Waals surface area contributed by atoms with Crippen molar-refractivity contribution >= 4 is 5.91 Å². The van der Waals surface area contributed by atoms with Gasteiger partial charge in [0.2, 0.25) is 5.91 Å². The molecule has 2 rings (SSSR count). The molecule has 0 aliphatic heterocycles. The number of rotatable bonds is 2. The third-order valence-electron chi connectivity index (χ3n) is 4.08. The van der Waals surface area contributed by atoms with Gasteiger partial charge in [0.25, 0.3) is 0 Å². The first-order valence-electron chi connectivity index (χ1n) is 6.42. The maximum Gasteiger partial charge on any atom is 0.224 e. The standard InChI is InChI=1S/C13H24N2O/c1-13(2,3)7-15-12(16)10-8-4-5-9(6-8)11(10)14/h8-11H,4-7,14H2,1-3H3,(H,15,16)/t8-,9+,10+,11-/m1/s1. The highest BCUT2D eigenvalue weighted by molar-refractivity contribution is 5.80. The fourth-order valence-electron chi connectivity index (χ4n) is 3.19. The van der Waals surface area contributed by atoms with Crippen LogP contribution in [0.15, 0.2) is 0 Å². The number of hydrogen-bond acceptors (Lipinski definition) is 2. The van der Waals surface area contributed by atoms with Gasteiger partial charge in [-0.3, -0.25) is 4.79 Å². The van der Waals surface area contributed by atoms with Crippen molar-refractivity contribution in [2.75, 3.05) is 6.54 Å². The van der Waals surface area contributed by atoms with E-state index in [1.165, 1.54) is 19.3 Å². The number of hydrogen-bond donors (Lipinski definition) is 2. The van der Waals surface area contributed by atoms with E-state index in [1.54, 1.807) is 0 Å². The molecule has 1 amide bonds. The number of nitrogens with one attached hydrogen (secondary N) is 1. The molecule has 2 saturated carbocycles. The molecule has 3 N–H and O–H groups in total. The Bertz CT molecular complexity index is 280. The molecule has 4 atom stereocenters. The molecule has 0 heterocycles. The van der Waals surface area contributed by atoms with Crippen molar-refractivity contribution in [3.8, 4) is 0 Å². The van der Waals surface area contributed by atoms with Crippen LogP contribution < -0.4 is 11.1 Å². The van der Waals surface area contributed by atoms with Gasteiger partial charge in [-0.25, -0.2) is 0 Å². The van der Waals surface area contributed by atoms with Crippen LogP contribution in [0.3, 0.4) is 0 Å². The average Bonchev–Trinajstić information content (AvgIpc) is 2.73. The van der Waals surface area contributed by atoms with E-state index >= 15 is 0 Å². The molecule has 0 unspecified atom stereocenters. The normalized spacial score (nSPS) is 37.8. The number of carbonyl (C=O) groups excluding carboxylic acids is 1. The fourth-order valence-corrected chi connectivity index (χ4v) is 3.19. The highest BCUT2D eigenvalue weighted by atomic mass is 16.1. The molecule has 16 heavy (non-hydrogen) atoms. The van der Waals surface area contributed by atoms with E-state index in [4.69, 9.17) is 5.73 Å². The van der Waals surface area contributed by atoms with E-state index in [2.05, 4.69) is 26.1 Å². The lowest BCUT2D eigenvalue weighted by Crippen LogP contribution is -2.46. The van der Waals surface area contributed by atoms with E-state index in [0.29, 0.717) is 11.8 Å². The molecule has 0 spiro atoms. The molecule has 0 radical (unpaired) electrons. The molecule has 2 aliphatic carbocycles. The van der Waals surface area contributed by atoms with E-state index in [9.17, 15) is 4.79 Å². The zero-order chi connectivity index (χ0) is 11.9. The van der Waals surface area contributed by atoms with Crippen LogP contribution in [0.5, 0.6) is 0 Å². The zero-order valence-corrected chi connectivity index (χ0v) is 10.6. The van der Waals surface area contributed by atoms with Crippen molar-refractivity contribution in [2.45, 2.75) is 46.1 Å². The third kappa shape index (κ3) is 2.24. The van der Waals surface area contributed by atoms with Crippen molar-refractivity contribution < 1.29 is 4.79 Å². The summed E-state index contributed by atoms with van der Waals surface area (Å²) in [5, 5.41) is 3.06. The number of amides is 1. The Kier molecular flexibility index (Phi) is 2.99. The van der Waals surface area contributed by atoms with Crippen molar-refractivity contribution in [1.82, 2.24) is 5.32 Å². The molecule has 0 aromatic rings. The predicted molar refractivity (Wildman–Crippen MR) is 64.8 cm³/mol. The Hall–Kier alpha value is -0.570. The van der Waals surface area contributed by atoms with E-state index < -0.39 is 0 Å². The van der Waals surface area contributed by atoms with Gasteiger partial charge in [0.1, 0.15) is 0 Å². The van der Waals surface area contributed by atoms with Gasteiger partial charge in [0.15, 0.2) is 0 Å². The van der Waals surface area contributed by atoms with E-state index in [0.717, 1.165) is 6.54 Å². The summed E-state index contributed by atoms with van der Waals surface area (Å²) in [6.07, 6.45) is 3.61. The largest absolute Gasteiger partial charge is 0.355 e. The van der Waals surface area contributed by atoms with Gasteiger partial charge in [-0.2, -0.15) is 0 Å². The maximum atomic E-state index is 12.1. The lowest BCUT2D eigenvalue weighted by molar-refractivity contribution is -0.127. The van der Waals surface area contributed by atoms with Gasteiger partial charge in [0.05, 0.1) is 5.92 Å². The van der Waals surface area contributed by atoms with Gasteiger partial charge >= 0.3 is 0 Å². The van der Waals surface area contributed by atoms with Crippen LogP contribution in [0.2, 0.25) is 0 Å². The van der Waals surface area contributed by atoms with Crippen LogP contribution in [0.4, 0.5) is 0 Å². The van der Waals surface area contributed by atoms with Gasteiger partial charge in [-0.05, 0) is 36.5 Å². The second kappa shape index (κ2) is 4.02. The molecule has 92 valence electrons. The number of fused-ring (bicyclic) bond motifs is 2. The van der Waals surface area contributed by atoms with Crippen LogP contribution >= 0.6 is 0 Å². The Labute approximate surface area is 98.2 Å². The topological polar surface area (TPSA) is 55.1 Å². The smallest absolute Gasteiger partial charge is 0.224 e. The minimum absolute atomic E-state index is 0.0844. The van der Waals surface area contributed by atoms with Crippen LogP contribution in [0.1, 0.15) is 40.0 Å². The molecule has 3 heteroatoms. The Morgan fingerprint density at radius 3 is 2.44 bits per heavy atom. The summed E-state index contributed by atoms with van der Waals surface area (Å²) in [6.45, 7) is 7.14. The first-order valence-corrected chi connectivity index (χ1v) is 6.42. The average molecular weight is 224 g/mol. The van der Waals surface area contributed by atoms with Crippen LogP contribution in [-0.2, 0) is 4.79 Å². The first-order chi connectivity index (χ1) is 7.38. The van der Waals surface area contributed by atoms with Crippen molar-refractivity contribution in [3.63, 3.8) is 0 Å². The van der Waals surface area contributed by atoms with Crippen molar-refractivity contribution in [3.05, 3.63) is 0 Å². The SMILES string of the molecule is CC(C)(C)CNC(=O)[C@H]1[C@@H]2CC[C@@H](C2)[C@H]1N. The van der Waals surface area contributed by atoms with Crippen LogP contribution in [0.25, 0.3) is 0 Å². The van der Waals surface area contributed by atoms with Gasteiger partial charge in [0, 0.05) is 12.6 Å². The zero-order valence-electron chi connectivity index (χ0n) is 10.6. The lowest BCUT2D eigenvalue weighted by atomic mass is 9.84. The van der Waals surface area contributed by atoms with Crippen LogP contribution in [0, 0.1) is 23.2 Å². The fraction of sp³-hybridized carbons (Fsp3) is 0.923. The van der Waals surface area contributed by atoms with Gasteiger partial charge < -0.3 is 11.1 Å². The lowest BCUT2D eigenvalue weighted by Gasteiger charge is -2.28. The summed E-state index contributed by atoms with van der Waals surface area (Å²) >= 11 is 0. The molecular weight excluding hydrogens is 200 g/mol. The minimum Gasteiger partial charge on any atom is -0.355 e. The number of nitrogens with two attached hydrogens (primary N) is 1. The maximum absolute atomic E-state index is 12.1. The Morgan fingerprint density at radius 1 is 1.31 bits per heavy atom. The monoisotopic (exact) mass is 224 g/mol. The second-order valence-electron chi connectivity index (χ2n) is 6.71.